The summed E-state index contributed by atoms with van der Waals surface area (Å²) in [5.41, 5.74) is 2.67. The number of carbonyl (C=O) groups excluding carboxylic acids is 6. The maximum Gasteiger partial charge on any atom is 0.216 e. The number of amides is 6. The van der Waals surface area contributed by atoms with Gasteiger partial charge >= 0.3 is 0 Å². The summed E-state index contributed by atoms with van der Waals surface area (Å²) in [5, 5.41) is 20.9. The molecule has 0 saturated heterocycles. The number of aryl methyl sites for hydroxylation is 3. The molecule has 0 atom stereocenters. The molecule has 6 amide bonds. The third-order valence-corrected chi connectivity index (χ3v) is 15.6. The molecule has 564 valence electrons. The molecule has 12 rings (SSSR count). The smallest absolute Gasteiger partial charge is 0.216 e. The van der Waals surface area contributed by atoms with E-state index in [1.54, 1.807) is 127 Å². The topological polar surface area (TPSA) is 230 Å². The van der Waals surface area contributed by atoms with Crippen LogP contribution < -0.4 is 60.3 Å². The summed E-state index contributed by atoms with van der Waals surface area (Å²) in [6.45, 7) is -20.9. The molecule has 18 heteroatoms. The van der Waals surface area contributed by atoms with Crippen LogP contribution in [0.2, 0.25) is 0 Å². The van der Waals surface area contributed by atoms with Gasteiger partial charge < -0.3 is 60.3 Å². The molecule has 0 unspecified atom stereocenters. The number of carbonyl (C=O) groups is 6. The minimum Gasteiger partial charge on any atom is -0.497 e. The van der Waals surface area contributed by atoms with Gasteiger partial charge in [0.25, 0.3) is 0 Å². The molecule has 6 N–H and O–H groups in total. The van der Waals surface area contributed by atoms with Crippen molar-refractivity contribution in [1.29, 1.82) is 0 Å². The zero-order valence-electron chi connectivity index (χ0n) is 94.9. The van der Waals surface area contributed by atoms with Crippen LogP contribution in [0.5, 0.6) is 34.5 Å². The number of fused-ring (bicyclic) bond motifs is 6. The first kappa shape index (κ1) is 45.4. The Balaban J connectivity index is 0.000000235. The molecule has 0 aliphatic heterocycles. The third-order valence-electron chi connectivity index (χ3n) is 15.6. The van der Waals surface area contributed by atoms with Crippen molar-refractivity contribution in [3.8, 4) is 34.5 Å². The van der Waals surface area contributed by atoms with E-state index in [1.807, 2.05) is 72.8 Å². The second-order valence-electron chi connectivity index (χ2n) is 22.7. The van der Waals surface area contributed by atoms with Gasteiger partial charge in [-0.3, -0.25) is 28.8 Å². The molecular formula is C90H102N6O12. The Hall–Kier alpha value is -12.2. The van der Waals surface area contributed by atoms with E-state index in [1.165, 1.54) is 57.5 Å². The third kappa shape index (κ3) is 26.8. The van der Waals surface area contributed by atoms with Crippen LogP contribution in [-0.4, -0.2) is 117 Å². The summed E-state index contributed by atoms with van der Waals surface area (Å²) in [6.07, 6.45) is -6.54. The number of hydrogen-bond acceptors (Lipinski definition) is 12. The van der Waals surface area contributed by atoms with Crippen LogP contribution in [0.4, 0.5) is 0 Å². The second kappa shape index (κ2) is 43.9. The standard InChI is InChI=1S/6C15H17NO2/c6*1-11(17)16-9-8-13-5-3-4-12-6-7-14(18-2)10-15(12)13/h6*3-7,10H,8-9H2,1-2H3,(H,16,17)/i1D3,2D3,8D2,9D2;1D3,8D2,9D2;2D3,9D2;1D3,8D2;1D3,2D3;1D3. The molecule has 18 nitrogen and oxygen atoms in total. The monoisotopic (exact) mass is 1490 g/mol. The van der Waals surface area contributed by atoms with Crippen LogP contribution >= 0.6 is 0 Å². The highest BCUT2D eigenvalue weighted by atomic mass is 16.5. The number of ether oxygens (including phenoxy) is 6. The molecule has 0 fully saturated rings. The summed E-state index contributed by atoms with van der Waals surface area (Å²) in [4.78, 5) is 68.5. The molecule has 0 aromatic heterocycles. The number of hydrogen-bond donors (Lipinski definition) is 6. The van der Waals surface area contributed by atoms with Gasteiger partial charge in [0.1, 0.15) is 34.5 Å². The fourth-order valence-electron chi connectivity index (χ4n) is 10.7. The molecule has 0 aliphatic carbocycles. The summed E-state index contributed by atoms with van der Waals surface area (Å²) in [6, 6.07) is 60.9. The van der Waals surface area contributed by atoms with Crippen molar-refractivity contribution in [1.82, 2.24) is 31.9 Å². The Morgan fingerprint density at radius 2 is 0.528 bits per heavy atom. The first-order valence-electron chi connectivity index (χ1n) is 50.8. The quantitative estimate of drug-likeness (QED) is 0.0332. The Morgan fingerprint density at radius 3 is 0.815 bits per heavy atom. The molecule has 0 bridgehead atoms. The van der Waals surface area contributed by atoms with Crippen LogP contribution in [0.3, 0.4) is 0 Å². The number of benzene rings is 12. The van der Waals surface area contributed by atoms with Crippen LogP contribution in [0.15, 0.2) is 218 Å². The minimum absolute atomic E-state index is 0.0280. The van der Waals surface area contributed by atoms with Crippen LogP contribution in [-0.2, 0) is 67.1 Å². The molecule has 108 heavy (non-hydrogen) atoms. The van der Waals surface area contributed by atoms with Gasteiger partial charge in [-0.15, -0.1) is 0 Å². The van der Waals surface area contributed by atoms with Gasteiger partial charge in [-0.1, -0.05) is 146 Å². The lowest BCUT2D eigenvalue weighted by Crippen LogP contribution is -2.22. The first-order chi connectivity index (χ1) is 66.1. The van der Waals surface area contributed by atoms with Crippen molar-refractivity contribution >= 4 is 100 Å². The van der Waals surface area contributed by atoms with Gasteiger partial charge in [-0.2, -0.15) is 0 Å². The molecule has 0 heterocycles. The Labute approximate surface area is 684 Å². The zero-order valence-corrected chi connectivity index (χ0v) is 58.9. The van der Waals surface area contributed by atoms with E-state index < -0.39 is 136 Å². The summed E-state index contributed by atoms with van der Waals surface area (Å²) < 4.78 is 297. The van der Waals surface area contributed by atoms with Gasteiger partial charge in [-0.25, -0.2) is 0 Å². The molecule has 0 saturated carbocycles. The van der Waals surface area contributed by atoms with E-state index in [0.717, 1.165) is 49.2 Å². The van der Waals surface area contributed by atoms with Crippen LogP contribution in [0.25, 0.3) is 64.6 Å². The van der Waals surface area contributed by atoms with Crippen molar-refractivity contribution in [3.05, 3.63) is 252 Å². The van der Waals surface area contributed by atoms with Crippen molar-refractivity contribution in [2.75, 3.05) is 81.6 Å². The fraction of sp³-hybridized carbons (Fsp3) is 0.267. The minimum atomic E-state index is -3.15. The van der Waals surface area contributed by atoms with E-state index in [-0.39, 0.29) is 53.3 Å². The Kier molecular flexibility index (Phi) is 18.5. The van der Waals surface area contributed by atoms with Crippen LogP contribution in [0, 0.1) is 0 Å². The average Bonchev–Trinajstić information content (AvgIpc) is 0.753. The van der Waals surface area contributed by atoms with Gasteiger partial charge in [0.15, 0.2) is 0 Å². The lowest BCUT2D eigenvalue weighted by atomic mass is 10.0. The van der Waals surface area contributed by atoms with Crippen molar-refractivity contribution < 1.29 is 107 Å². The van der Waals surface area contributed by atoms with Gasteiger partial charge in [0.2, 0.25) is 35.4 Å². The Bertz CT molecular complexity index is 6540. The molecule has 12 aromatic rings. The average molecular weight is 1500 g/mol. The number of rotatable bonds is 24. The van der Waals surface area contributed by atoms with Gasteiger partial charge in [0.05, 0.1) is 54.8 Å². The van der Waals surface area contributed by atoms with Gasteiger partial charge in [0, 0.05) is 117 Å². The molecule has 0 spiro atoms. The number of methoxy groups -OCH3 is 6. The van der Waals surface area contributed by atoms with E-state index in [0.29, 0.717) is 62.4 Å². The van der Waals surface area contributed by atoms with Crippen molar-refractivity contribution in [2.45, 2.75) is 79.6 Å². The number of nitrogens with one attached hydrogen (secondary N) is 6. The molecule has 0 aliphatic rings. The summed E-state index contributed by atoms with van der Waals surface area (Å²) in [5.74, 6) is -4.58. The normalized spacial score (nSPS) is 17.0. The molecular weight excluding hydrogens is 1360 g/mol. The molecule has 12 aromatic carbocycles. The van der Waals surface area contributed by atoms with E-state index >= 15 is 0 Å². The molecule has 0 radical (unpaired) electrons. The lowest BCUT2D eigenvalue weighted by Gasteiger charge is -2.08. The highest BCUT2D eigenvalue weighted by molar-refractivity contribution is 5.92. The first-order valence-corrected chi connectivity index (χ1v) is 32.8. The summed E-state index contributed by atoms with van der Waals surface area (Å²) >= 11 is 0. The second-order valence-corrected chi connectivity index (χ2v) is 22.7. The SMILES string of the molecule is [2H]C([2H])(Cc1cccc2ccc(OC([2H])([2H])[2H])cc12)NC(C)=O.[2H]C([2H])([2H])C(=O)NC([2H])([2H])C([2H])([2H])c1cccc2ccc(OC)cc12.[2H]C([2H])([2H])C(=O)NCC([2H])([2H])c1cccc2ccc(OC)cc12.[2H]C([2H])([2H])C(=O)NCCc1cccc2ccc(OC)cc12.[2H]C([2H])([2H])Oc1ccc2cccc(C([2H])([2H])C([2H])([2H])NC(=O)C([2H])([2H])[2H])c2c1.[2H]C([2H])([2H])Oc1ccc2cccc(CCNC(=O)C([2H])([2H])[2H])c2c1. The van der Waals surface area contributed by atoms with E-state index in [2.05, 4.69) is 21.3 Å². The highest BCUT2D eigenvalue weighted by Crippen LogP contribution is 2.30. The van der Waals surface area contributed by atoms with Crippen molar-refractivity contribution in [3.63, 3.8) is 0 Å². The Morgan fingerprint density at radius 1 is 0.278 bits per heavy atom. The lowest BCUT2D eigenvalue weighted by molar-refractivity contribution is -0.119. The summed E-state index contributed by atoms with van der Waals surface area (Å²) in [7, 11) is -3.23. The van der Waals surface area contributed by atoms with E-state index in [4.69, 9.17) is 77.8 Å². The predicted molar refractivity (Wildman–Crippen MR) is 437 cm³/mol. The van der Waals surface area contributed by atoms with Crippen LogP contribution in [0.1, 0.15) is 124 Å². The predicted octanol–water partition coefficient (Wildman–Crippen LogP) is 15.2. The maximum atomic E-state index is 11.7. The van der Waals surface area contributed by atoms with Crippen molar-refractivity contribution in [2.24, 2.45) is 0 Å². The largest absolute Gasteiger partial charge is 0.497 e. The maximum absolute atomic E-state index is 11.7. The highest BCUT2D eigenvalue weighted by Gasteiger charge is 2.10. The van der Waals surface area contributed by atoms with E-state index in [9.17, 15) is 28.8 Å². The zero-order chi connectivity index (χ0) is 109. The van der Waals surface area contributed by atoms with Gasteiger partial charge in [-0.05, 0) is 209 Å². The fourth-order valence-corrected chi connectivity index (χ4v) is 10.7.